The molecule has 2 aromatic carbocycles. The zero-order chi connectivity index (χ0) is 14.5. The van der Waals surface area contributed by atoms with Gasteiger partial charge in [-0.15, -0.1) is 0 Å². The summed E-state index contributed by atoms with van der Waals surface area (Å²) in [5.41, 5.74) is 7.45. The first-order chi connectivity index (χ1) is 9.58. The van der Waals surface area contributed by atoms with E-state index >= 15 is 0 Å². The van der Waals surface area contributed by atoms with Crippen LogP contribution in [0.5, 0.6) is 5.75 Å². The lowest BCUT2D eigenvalue weighted by atomic mass is 10.1. The predicted octanol–water partition coefficient (Wildman–Crippen LogP) is 2.60. The summed E-state index contributed by atoms with van der Waals surface area (Å²) in [6.07, 6.45) is 0.202. The highest BCUT2D eigenvalue weighted by molar-refractivity contribution is 5.92. The maximum atomic E-state index is 13.5. The molecule has 2 rings (SSSR count). The van der Waals surface area contributed by atoms with Gasteiger partial charge in [0.2, 0.25) is 5.91 Å². The molecule has 0 spiro atoms. The topological polar surface area (TPSA) is 64.3 Å². The van der Waals surface area contributed by atoms with Crippen LogP contribution < -0.4 is 15.8 Å². The number of methoxy groups -OCH3 is 1. The summed E-state index contributed by atoms with van der Waals surface area (Å²) >= 11 is 0. The first-order valence-electron chi connectivity index (χ1n) is 6.06. The molecule has 0 saturated heterocycles. The van der Waals surface area contributed by atoms with E-state index in [9.17, 15) is 9.18 Å². The van der Waals surface area contributed by atoms with Gasteiger partial charge in [0.1, 0.15) is 0 Å². The van der Waals surface area contributed by atoms with Gasteiger partial charge in [-0.05, 0) is 29.8 Å². The van der Waals surface area contributed by atoms with Gasteiger partial charge in [-0.3, -0.25) is 4.79 Å². The molecule has 0 unspecified atom stereocenters. The average Bonchev–Trinajstić information content (AvgIpc) is 2.41. The zero-order valence-corrected chi connectivity index (χ0v) is 11.0. The van der Waals surface area contributed by atoms with Crippen molar-refractivity contribution in [2.45, 2.75) is 6.42 Å². The van der Waals surface area contributed by atoms with Gasteiger partial charge in [-0.25, -0.2) is 4.39 Å². The molecule has 4 nitrogen and oxygen atoms in total. The van der Waals surface area contributed by atoms with Crippen molar-refractivity contribution in [3.8, 4) is 5.75 Å². The fourth-order valence-corrected chi connectivity index (χ4v) is 1.77. The number of carbonyl (C=O) groups excluding carboxylic acids is 1. The van der Waals surface area contributed by atoms with Crippen LogP contribution in [0.25, 0.3) is 0 Å². The number of nitrogens with one attached hydrogen (secondary N) is 1. The van der Waals surface area contributed by atoms with E-state index in [0.717, 1.165) is 5.56 Å². The predicted molar refractivity (Wildman–Crippen MR) is 76.1 cm³/mol. The summed E-state index contributed by atoms with van der Waals surface area (Å²) in [6.45, 7) is 0. The lowest BCUT2D eigenvalue weighted by Gasteiger charge is -2.07. The molecular formula is C15H15FN2O2. The molecule has 0 heterocycles. The normalized spacial score (nSPS) is 10.1. The molecule has 0 aliphatic rings. The smallest absolute Gasteiger partial charge is 0.228 e. The van der Waals surface area contributed by atoms with E-state index in [4.69, 9.17) is 10.5 Å². The van der Waals surface area contributed by atoms with Gasteiger partial charge in [0, 0.05) is 17.4 Å². The molecule has 0 atom stereocenters. The van der Waals surface area contributed by atoms with Gasteiger partial charge in [0.15, 0.2) is 11.6 Å². The quantitative estimate of drug-likeness (QED) is 0.842. The molecular weight excluding hydrogens is 259 g/mol. The Morgan fingerprint density at radius 1 is 1.25 bits per heavy atom. The van der Waals surface area contributed by atoms with Crippen molar-refractivity contribution >= 4 is 17.3 Å². The molecule has 20 heavy (non-hydrogen) atoms. The Morgan fingerprint density at radius 3 is 2.55 bits per heavy atom. The number of rotatable bonds is 4. The van der Waals surface area contributed by atoms with E-state index in [1.165, 1.54) is 19.2 Å². The zero-order valence-electron chi connectivity index (χ0n) is 11.0. The van der Waals surface area contributed by atoms with E-state index in [0.29, 0.717) is 11.4 Å². The SMILES string of the molecule is COc1ccc(NC(=O)Cc2ccc(N)cc2)cc1F. The highest BCUT2D eigenvalue weighted by Gasteiger charge is 2.07. The minimum absolute atomic E-state index is 0.140. The third kappa shape index (κ3) is 3.47. The van der Waals surface area contributed by atoms with E-state index in [1.54, 1.807) is 30.3 Å². The van der Waals surface area contributed by atoms with Crippen LogP contribution in [-0.4, -0.2) is 13.0 Å². The standard InChI is InChI=1S/C15H15FN2O2/c1-20-14-7-6-12(9-13(14)16)18-15(19)8-10-2-4-11(17)5-3-10/h2-7,9H,8,17H2,1H3,(H,18,19). The van der Waals surface area contributed by atoms with Crippen LogP contribution in [-0.2, 0) is 11.2 Å². The summed E-state index contributed by atoms with van der Waals surface area (Å²) < 4.78 is 18.3. The Labute approximate surface area is 116 Å². The molecule has 5 heteroatoms. The molecule has 1 amide bonds. The molecule has 0 bridgehead atoms. The minimum atomic E-state index is -0.516. The van der Waals surface area contributed by atoms with Crippen LogP contribution in [0.1, 0.15) is 5.56 Å². The Morgan fingerprint density at radius 2 is 1.95 bits per heavy atom. The van der Waals surface area contributed by atoms with Crippen LogP contribution in [0.4, 0.5) is 15.8 Å². The summed E-state index contributed by atoms with van der Waals surface area (Å²) in [7, 11) is 1.39. The van der Waals surface area contributed by atoms with Gasteiger partial charge in [-0.1, -0.05) is 12.1 Å². The highest BCUT2D eigenvalue weighted by Crippen LogP contribution is 2.20. The van der Waals surface area contributed by atoms with Crippen molar-refractivity contribution in [3.63, 3.8) is 0 Å². The maximum Gasteiger partial charge on any atom is 0.228 e. The minimum Gasteiger partial charge on any atom is -0.494 e. The number of ether oxygens (including phenoxy) is 1. The van der Waals surface area contributed by atoms with E-state index in [-0.39, 0.29) is 18.1 Å². The van der Waals surface area contributed by atoms with E-state index in [2.05, 4.69) is 5.32 Å². The average molecular weight is 274 g/mol. The molecule has 0 fully saturated rings. The fourth-order valence-electron chi connectivity index (χ4n) is 1.77. The number of nitrogens with two attached hydrogens (primary N) is 1. The van der Waals surface area contributed by atoms with Crippen molar-refractivity contribution in [3.05, 3.63) is 53.8 Å². The largest absolute Gasteiger partial charge is 0.494 e. The molecule has 2 aromatic rings. The number of hydrogen-bond donors (Lipinski definition) is 2. The molecule has 0 aliphatic carbocycles. The Kier molecular flexibility index (Phi) is 4.20. The van der Waals surface area contributed by atoms with Crippen molar-refractivity contribution in [2.75, 3.05) is 18.2 Å². The number of nitrogen functional groups attached to an aromatic ring is 1. The first kappa shape index (κ1) is 13.9. The molecule has 0 saturated carbocycles. The monoisotopic (exact) mass is 274 g/mol. The van der Waals surface area contributed by atoms with E-state index in [1.807, 2.05) is 0 Å². The summed E-state index contributed by atoms with van der Waals surface area (Å²) in [5, 5.41) is 2.63. The fraction of sp³-hybridized carbons (Fsp3) is 0.133. The molecule has 0 aromatic heterocycles. The highest BCUT2D eigenvalue weighted by atomic mass is 19.1. The number of hydrogen-bond acceptors (Lipinski definition) is 3. The van der Waals surface area contributed by atoms with Crippen molar-refractivity contribution in [1.82, 2.24) is 0 Å². The van der Waals surface area contributed by atoms with Crippen LogP contribution >= 0.6 is 0 Å². The second kappa shape index (κ2) is 6.06. The van der Waals surface area contributed by atoms with Gasteiger partial charge >= 0.3 is 0 Å². The number of amides is 1. The van der Waals surface area contributed by atoms with Crippen molar-refractivity contribution in [1.29, 1.82) is 0 Å². The Bertz CT molecular complexity index is 612. The molecule has 0 aliphatic heterocycles. The Hall–Kier alpha value is -2.56. The van der Waals surface area contributed by atoms with Crippen LogP contribution in [0.3, 0.4) is 0 Å². The first-order valence-corrected chi connectivity index (χ1v) is 6.06. The van der Waals surface area contributed by atoms with Gasteiger partial charge in [-0.2, -0.15) is 0 Å². The molecule has 3 N–H and O–H groups in total. The summed E-state index contributed by atoms with van der Waals surface area (Å²) in [6, 6.07) is 11.3. The third-order valence-corrected chi connectivity index (χ3v) is 2.78. The van der Waals surface area contributed by atoms with Crippen molar-refractivity contribution in [2.24, 2.45) is 0 Å². The van der Waals surface area contributed by atoms with E-state index < -0.39 is 5.82 Å². The molecule has 0 radical (unpaired) electrons. The second-order valence-corrected chi connectivity index (χ2v) is 4.32. The van der Waals surface area contributed by atoms with Crippen LogP contribution in [0, 0.1) is 5.82 Å². The summed E-state index contributed by atoms with van der Waals surface area (Å²) in [4.78, 5) is 11.8. The van der Waals surface area contributed by atoms with Crippen LogP contribution in [0.2, 0.25) is 0 Å². The number of carbonyl (C=O) groups is 1. The maximum absolute atomic E-state index is 13.5. The lowest BCUT2D eigenvalue weighted by molar-refractivity contribution is -0.115. The molecule has 104 valence electrons. The number of halogens is 1. The van der Waals surface area contributed by atoms with Crippen LogP contribution in [0.15, 0.2) is 42.5 Å². The van der Waals surface area contributed by atoms with Crippen molar-refractivity contribution < 1.29 is 13.9 Å². The lowest BCUT2D eigenvalue weighted by Crippen LogP contribution is -2.14. The van der Waals surface area contributed by atoms with Gasteiger partial charge in [0.25, 0.3) is 0 Å². The Balaban J connectivity index is 2.01. The van der Waals surface area contributed by atoms with Gasteiger partial charge < -0.3 is 15.8 Å². The number of anilines is 2. The third-order valence-electron chi connectivity index (χ3n) is 2.78. The summed E-state index contributed by atoms with van der Waals surface area (Å²) in [5.74, 6) is -0.598. The number of benzene rings is 2. The second-order valence-electron chi connectivity index (χ2n) is 4.32. The van der Waals surface area contributed by atoms with Gasteiger partial charge in [0.05, 0.1) is 13.5 Å².